The van der Waals surface area contributed by atoms with Crippen LogP contribution in [0, 0.1) is 18.8 Å². The predicted octanol–water partition coefficient (Wildman–Crippen LogP) is 4.48. The van der Waals surface area contributed by atoms with E-state index in [1.807, 2.05) is 12.1 Å². The average Bonchev–Trinajstić information content (AvgIpc) is 3.44. The van der Waals surface area contributed by atoms with E-state index in [1.165, 1.54) is 16.8 Å². The Morgan fingerprint density at radius 1 is 1.10 bits per heavy atom. The van der Waals surface area contributed by atoms with Crippen LogP contribution in [-0.4, -0.2) is 37.2 Å². The molecule has 5 rings (SSSR count). The summed E-state index contributed by atoms with van der Waals surface area (Å²) in [5.74, 6) is 0.841. The first-order chi connectivity index (χ1) is 14.7. The summed E-state index contributed by atoms with van der Waals surface area (Å²) >= 11 is 0. The molecule has 31 heavy (non-hydrogen) atoms. The fourth-order valence-corrected chi connectivity index (χ4v) is 5.35. The van der Waals surface area contributed by atoms with Crippen molar-refractivity contribution < 1.29 is 9.53 Å². The van der Waals surface area contributed by atoms with Gasteiger partial charge in [-0.05, 0) is 42.2 Å². The van der Waals surface area contributed by atoms with Gasteiger partial charge in [0.2, 0.25) is 0 Å². The normalized spacial score (nSPS) is 28.8. The van der Waals surface area contributed by atoms with Gasteiger partial charge < -0.3 is 15.0 Å². The number of hydrogen-bond donors (Lipinski definition) is 1. The van der Waals surface area contributed by atoms with Crippen LogP contribution in [-0.2, 0) is 10.2 Å². The summed E-state index contributed by atoms with van der Waals surface area (Å²) in [5, 5.41) is 3.16. The lowest BCUT2D eigenvalue weighted by molar-refractivity contribution is 0.0119. The van der Waals surface area contributed by atoms with Crippen molar-refractivity contribution >= 4 is 11.6 Å². The molecule has 4 unspecified atom stereocenters. The second kappa shape index (κ2) is 7.23. The van der Waals surface area contributed by atoms with Crippen molar-refractivity contribution in [3.8, 4) is 0 Å². The van der Waals surface area contributed by atoms with E-state index in [0.29, 0.717) is 23.9 Å². The van der Waals surface area contributed by atoms with Crippen LogP contribution >= 0.6 is 0 Å². The zero-order valence-corrected chi connectivity index (χ0v) is 18.9. The topological polar surface area (TPSA) is 41.6 Å². The number of amides is 1. The number of hydrogen-bond acceptors (Lipinski definition) is 3. The smallest absolute Gasteiger partial charge is 0.251 e. The Morgan fingerprint density at radius 3 is 2.48 bits per heavy atom. The summed E-state index contributed by atoms with van der Waals surface area (Å²) in [5.41, 5.74) is 4.17. The average molecular weight is 417 g/mol. The zero-order valence-electron chi connectivity index (χ0n) is 18.9. The summed E-state index contributed by atoms with van der Waals surface area (Å²) in [7, 11) is 0. The summed E-state index contributed by atoms with van der Waals surface area (Å²) in [6.07, 6.45) is 4.55. The van der Waals surface area contributed by atoms with E-state index >= 15 is 0 Å². The molecule has 0 spiro atoms. The minimum absolute atomic E-state index is 0.0351. The lowest BCUT2D eigenvalue weighted by Gasteiger charge is -2.31. The van der Waals surface area contributed by atoms with E-state index in [0.717, 1.165) is 13.1 Å². The molecule has 0 radical (unpaired) electrons. The molecule has 0 aliphatic carbocycles. The molecule has 3 aliphatic rings. The van der Waals surface area contributed by atoms with Gasteiger partial charge >= 0.3 is 0 Å². The van der Waals surface area contributed by atoms with Gasteiger partial charge in [0.15, 0.2) is 0 Å². The highest BCUT2D eigenvalue weighted by Gasteiger charge is 2.59. The molecular formula is C27H32N2O2. The Balaban J connectivity index is 1.27. The molecule has 3 heterocycles. The van der Waals surface area contributed by atoms with Gasteiger partial charge in [-0.3, -0.25) is 4.79 Å². The molecule has 2 aromatic rings. The SMILES string of the molecule is Cc1ccc(N2CC3C4C=CC(CNC(=O)c5ccc(C(C)(C)C)cc5)(O4)C3C2)cc1. The Hall–Kier alpha value is -2.59. The standard InChI is InChI=1S/C27H32N2O2/c1-18-5-11-21(12-6-18)29-15-22-23(16-29)27(14-13-24(22)31-27)17-28-25(30)19-7-9-20(10-8-19)26(2,3)4/h5-14,22-24H,15-17H2,1-4H3,(H,28,30). The molecule has 2 fully saturated rings. The Kier molecular flexibility index (Phi) is 4.74. The maximum absolute atomic E-state index is 12.8. The van der Waals surface area contributed by atoms with Crippen molar-refractivity contribution in [3.05, 3.63) is 77.4 Å². The number of rotatable bonds is 4. The van der Waals surface area contributed by atoms with Crippen molar-refractivity contribution in [2.75, 3.05) is 24.5 Å². The summed E-state index contributed by atoms with van der Waals surface area (Å²) < 4.78 is 6.43. The van der Waals surface area contributed by atoms with Gasteiger partial charge in [0.25, 0.3) is 5.91 Å². The number of ether oxygens (including phenoxy) is 1. The van der Waals surface area contributed by atoms with Crippen LogP contribution in [0.3, 0.4) is 0 Å². The molecule has 4 nitrogen and oxygen atoms in total. The van der Waals surface area contributed by atoms with Gasteiger partial charge in [-0.15, -0.1) is 0 Å². The fourth-order valence-electron chi connectivity index (χ4n) is 5.35. The molecule has 162 valence electrons. The van der Waals surface area contributed by atoms with Crippen LogP contribution in [0.4, 0.5) is 5.69 Å². The number of nitrogens with one attached hydrogen (secondary N) is 1. The Labute approximate surface area is 185 Å². The van der Waals surface area contributed by atoms with Crippen LogP contribution in [0.2, 0.25) is 0 Å². The largest absolute Gasteiger partial charge is 0.371 e. The van der Waals surface area contributed by atoms with Crippen LogP contribution in [0.25, 0.3) is 0 Å². The van der Waals surface area contributed by atoms with Crippen molar-refractivity contribution in [1.82, 2.24) is 5.32 Å². The van der Waals surface area contributed by atoms with Crippen molar-refractivity contribution in [2.24, 2.45) is 11.8 Å². The molecule has 2 bridgehead atoms. The molecule has 1 N–H and O–H groups in total. The minimum Gasteiger partial charge on any atom is -0.371 e. The quantitative estimate of drug-likeness (QED) is 0.747. The van der Waals surface area contributed by atoms with Crippen LogP contribution < -0.4 is 10.2 Å². The Bertz CT molecular complexity index is 1000. The highest BCUT2D eigenvalue weighted by molar-refractivity contribution is 5.94. The molecule has 4 atom stereocenters. The van der Waals surface area contributed by atoms with Gasteiger partial charge in [-0.25, -0.2) is 0 Å². The molecule has 0 aromatic heterocycles. The third-order valence-corrected chi connectivity index (χ3v) is 7.28. The molecular weight excluding hydrogens is 384 g/mol. The van der Waals surface area contributed by atoms with Gasteiger partial charge in [-0.1, -0.05) is 62.8 Å². The molecule has 0 saturated carbocycles. The van der Waals surface area contributed by atoms with Crippen LogP contribution in [0.1, 0.15) is 42.3 Å². The first-order valence-corrected chi connectivity index (χ1v) is 11.3. The van der Waals surface area contributed by atoms with Crippen LogP contribution in [0.5, 0.6) is 0 Å². The summed E-state index contributed by atoms with van der Waals surface area (Å²) in [4.78, 5) is 15.3. The molecule has 2 saturated heterocycles. The van der Waals surface area contributed by atoms with E-state index in [4.69, 9.17) is 4.74 Å². The number of carbonyl (C=O) groups excluding carboxylic acids is 1. The highest BCUT2D eigenvalue weighted by Crippen LogP contribution is 2.51. The van der Waals surface area contributed by atoms with Crippen molar-refractivity contribution in [1.29, 1.82) is 0 Å². The van der Waals surface area contributed by atoms with Gasteiger partial charge in [-0.2, -0.15) is 0 Å². The first kappa shape index (κ1) is 20.3. The number of aryl methyl sites for hydroxylation is 1. The molecule has 2 aromatic carbocycles. The third kappa shape index (κ3) is 3.57. The highest BCUT2D eigenvalue weighted by atomic mass is 16.5. The monoisotopic (exact) mass is 416 g/mol. The number of fused-ring (bicyclic) bond motifs is 5. The van der Waals surface area contributed by atoms with Gasteiger partial charge in [0.05, 0.1) is 12.6 Å². The molecule has 4 heteroatoms. The number of anilines is 1. The van der Waals surface area contributed by atoms with E-state index in [2.05, 4.69) is 86.5 Å². The van der Waals surface area contributed by atoms with Crippen molar-refractivity contribution in [3.63, 3.8) is 0 Å². The predicted molar refractivity (Wildman–Crippen MR) is 125 cm³/mol. The Morgan fingerprint density at radius 2 is 1.81 bits per heavy atom. The molecule has 3 aliphatic heterocycles. The first-order valence-electron chi connectivity index (χ1n) is 11.3. The van der Waals surface area contributed by atoms with Gasteiger partial charge in [0.1, 0.15) is 5.60 Å². The maximum atomic E-state index is 12.8. The fraction of sp³-hybridized carbons (Fsp3) is 0.444. The van der Waals surface area contributed by atoms with Gasteiger partial charge in [0, 0.05) is 36.2 Å². The van der Waals surface area contributed by atoms with E-state index in [9.17, 15) is 4.79 Å². The lowest BCUT2D eigenvalue weighted by Crippen LogP contribution is -2.47. The van der Waals surface area contributed by atoms with E-state index in [1.54, 1.807) is 0 Å². The number of nitrogens with zero attached hydrogens (tertiary/aromatic N) is 1. The third-order valence-electron chi connectivity index (χ3n) is 7.28. The maximum Gasteiger partial charge on any atom is 0.251 e. The lowest BCUT2D eigenvalue weighted by atomic mass is 9.77. The second-order valence-electron chi connectivity index (χ2n) is 10.4. The van der Waals surface area contributed by atoms with Crippen LogP contribution in [0.15, 0.2) is 60.7 Å². The molecule has 1 amide bonds. The summed E-state index contributed by atoms with van der Waals surface area (Å²) in [6, 6.07) is 16.7. The zero-order chi connectivity index (χ0) is 21.8. The number of carbonyl (C=O) groups is 1. The summed E-state index contributed by atoms with van der Waals surface area (Å²) in [6.45, 7) is 11.1. The minimum atomic E-state index is -0.393. The van der Waals surface area contributed by atoms with Crippen molar-refractivity contribution in [2.45, 2.75) is 44.8 Å². The number of benzene rings is 2. The van der Waals surface area contributed by atoms with E-state index in [-0.39, 0.29) is 17.4 Å². The van der Waals surface area contributed by atoms with E-state index < -0.39 is 5.60 Å². The second-order valence-corrected chi connectivity index (χ2v) is 10.4.